The number of halogens is 2. The molecule has 0 spiro atoms. The molecule has 0 aliphatic heterocycles. The van der Waals surface area contributed by atoms with Crippen LogP contribution in [0.5, 0.6) is 0 Å². The Morgan fingerprint density at radius 1 is 0.786 bits per heavy atom. The van der Waals surface area contributed by atoms with Crippen molar-refractivity contribution in [2.24, 2.45) is 0 Å². The first-order chi connectivity index (χ1) is 6.79. The zero-order valence-electron chi connectivity index (χ0n) is 7.45. The molecule has 0 heterocycles. The van der Waals surface area contributed by atoms with Crippen LogP contribution >= 0.6 is 23.2 Å². The Labute approximate surface area is 94.1 Å². The monoisotopic (exact) mass is 223 g/mol. The van der Waals surface area contributed by atoms with Gasteiger partial charge in [-0.05, 0) is 18.2 Å². The first kappa shape index (κ1) is 11.1. The van der Waals surface area contributed by atoms with Gasteiger partial charge in [0, 0.05) is 16.1 Å². The molecule has 0 atom stereocenters. The molecule has 0 saturated heterocycles. The van der Waals surface area contributed by atoms with Crippen molar-refractivity contribution in [2.75, 3.05) is 0 Å². The van der Waals surface area contributed by atoms with E-state index < -0.39 is 0 Å². The molecule has 71 valence electrons. The van der Waals surface area contributed by atoms with E-state index in [1.807, 2.05) is 36.4 Å². The lowest BCUT2D eigenvalue weighted by molar-refractivity contribution is 1.69. The standard InChI is InChI=1S/C6H3Cl2.C6H6/c7-5-1-2-6(8)4-3-5;1-2-4-6-5-3-1/h1-3H;1-6H. The van der Waals surface area contributed by atoms with Crippen molar-refractivity contribution < 1.29 is 0 Å². The first-order valence-electron chi connectivity index (χ1n) is 4.12. The molecule has 0 bridgehead atoms. The molecule has 0 unspecified atom stereocenters. The van der Waals surface area contributed by atoms with Gasteiger partial charge in [0.05, 0.1) is 0 Å². The minimum atomic E-state index is 0.592. The Balaban J connectivity index is 0.000000146. The van der Waals surface area contributed by atoms with E-state index >= 15 is 0 Å². The third-order valence-corrected chi connectivity index (χ3v) is 1.87. The Morgan fingerprint density at radius 2 is 1.29 bits per heavy atom. The van der Waals surface area contributed by atoms with Gasteiger partial charge >= 0.3 is 0 Å². The van der Waals surface area contributed by atoms with E-state index in [1.165, 1.54) is 0 Å². The highest BCUT2D eigenvalue weighted by Crippen LogP contribution is 2.11. The second-order valence-corrected chi connectivity index (χ2v) is 3.35. The summed E-state index contributed by atoms with van der Waals surface area (Å²) in [4.78, 5) is 0. The minimum Gasteiger partial charge on any atom is -0.0843 e. The lowest BCUT2D eigenvalue weighted by Gasteiger charge is -1.85. The molecule has 2 heteroatoms. The molecule has 2 aromatic rings. The predicted molar refractivity (Wildman–Crippen MR) is 61.7 cm³/mol. The summed E-state index contributed by atoms with van der Waals surface area (Å²) in [5.74, 6) is 0. The number of hydrogen-bond acceptors (Lipinski definition) is 0. The zero-order chi connectivity index (χ0) is 10.2. The maximum atomic E-state index is 5.52. The summed E-state index contributed by atoms with van der Waals surface area (Å²) < 4.78 is 0. The summed E-state index contributed by atoms with van der Waals surface area (Å²) in [5.41, 5.74) is 0. The molecule has 0 nitrogen and oxygen atoms in total. The Bertz CT molecular complexity index is 293. The number of rotatable bonds is 0. The summed E-state index contributed by atoms with van der Waals surface area (Å²) >= 11 is 11.0. The van der Waals surface area contributed by atoms with Crippen molar-refractivity contribution >= 4 is 23.2 Å². The third kappa shape index (κ3) is 4.90. The first-order valence-corrected chi connectivity index (χ1v) is 4.87. The van der Waals surface area contributed by atoms with Crippen LogP contribution < -0.4 is 0 Å². The van der Waals surface area contributed by atoms with Crippen molar-refractivity contribution in [2.45, 2.75) is 0 Å². The van der Waals surface area contributed by atoms with Crippen LogP contribution in [-0.2, 0) is 0 Å². The summed E-state index contributed by atoms with van der Waals surface area (Å²) in [6, 6.07) is 19.8. The number of hydrogen-bond donors (Lipinski definition) is 0. The lowest BCUT2D eigenvalue weighted by Crippen LogP contribution is -1.61. The van der Waals surface area contributed by atoms with E-state index in [2.05, 4.69) is 6.07 Å². The van der Waals surface area contributed by atoms with E-state index in [0.29, 0.717) is 10.0 Å². The molecule has 0 aliphatic carbocycles. The normalized spacial score (nSPS) is 8.71. The summed E-state index contributed by atoms with van der Waals surface area (Å²) in [6.07, 6.45) is 0. The zero-order valence-corrected chi connectivity index (χ0v) is 8.96. The van der Waals surface area contributed by atoms with E-state index in [-0.39, 0.29) is 0 Å². The quantitative estimate of drug-likeness (QED) is 0.618. The van der Waals surface area contributed by atoms with E-state index in [9.17, 15) is 0 Å². The highest BCUT2D eigenvalue weighted by molar-refractivity contribution is 6.32. The molecule has 14 heavy (non-hydrogen) atoms. The van der Waals surface area contributed by atoms with E-state index in [0.717, 1.165) is 0 Å². The lowest BCUT2D eigenvalue weighted by atomic mass is 10.4. The van der Waals surface area contributed by atoms with Crippen LogP contribution in [0.25, 0.3) is 0 Å². The maximum absolute atomic E-state index is 5.52. The van der Waals surface area contributed by atoms with Crippen molar-refractivity contribution in [1.82, 2.24) is 0 Å². The van der Waals surface area contributed by atoms with Crippen LogP contribution in [0.15, 0.2) is 54.6 Å². The second kappa shape index (κ2) is 6.47. The molecule has 0 fully saturated rings. The average molecular weight is 224 g/mol. The van der Waals surface area contributed by atoms with Crippen LogP contribution in [0.1, 0.15) is 0 Å². The van der Waals surface area contributed by atoms with Gasteiger partial charge in [-0.15, -0.1) is 0 Å². The highest BCUT2D eigenvalue weighted by Gasteiger charge is 1.84. The average Bonchev–Trinajstić information content (AvgIpc) is 2.26. The van der Waals surface area contributed by atoms with Gasteiger partial charge in [0.2, 0.25) is 0 Å². The van der Waals surface area contributed by atoms with Crippen LogP contribution in [0, 0.1) is 6.07 Å². The fraction of sp³-hybridized carbons (Fsp3) is 0. The van der Waals surface area contributed by atoms with E-state index in [4.69, 9.17) is 23.2 Å². The van der Waals surface area contributed by atoms with Crippen molar-refractivity contribution in [3.63, 3.8) is 0 Å². The maximum Gasteiger partial charge on any atom is 0.0485 e. The molecule has 0 aliphatic rings. The molecular weight excluding hydrogens is 215 g/mol. The third-order valence-electron chi connectivity index (χ3n) is 1.40. The minimum absolute atomic E-state index is 0.592. The second-order valence-electron chi connectivity index (χ2n) is 2.51. The van der Waals surface area contributed by atoms with Gasteiger partial charge in [0.15, 0.2) is 0 Å². The predicted octanol–water partition coefficient (Wildman–Crippen LogP) is 4.48. The van der Waals surface area contributed by atoms with Gasteiger partial charge in [0.1, 0.15) is 0 Å². The van der Waals surface area contributed by atoms with Crippen molar-refractivity contribution in [3.8, 4) is 0 Å². The van der Waals surface area contributed by atoms with Gasteiger partial charge in [-0.2, -0.15) is 0 Å². The summed E-state index contributed by atoms with van der Waals surface area (Å²) in [6.45, 7) is 0. The Kier molecular flexibility index (Phi) is 5.13. The summed E-state index contributed by atoms with van der Waals surface area (Å²) in [5, 5.41) is 1.25. The van der Waals surface area contributed by atoms with Crippen LogP contribution in [0.4, 0.5) is 0 Å². The Morgan fingerprint density at radius 3 is 1.57 bits per heavy atom. The molecule has 2 aromatic carbocycles. The van der Waals surface area contributed by atoms with Gasteiger partial charge in [-0.3, -0.25) is 0 Å². The molecule has 2 rings (SSSR count). The Hall–Kier alpha value is -0.980. The largest absolute Gasteiger partial charge is 0.0843 e. The highest BCUT2D eigenvalue weighted by atomic mass is 35.5. The van der Waals surface area contributed by atoms with Gasteiger partial charge in [-0.25, -0.2) is 0 Å². The molecule has 0 N–H and O–H groups in total. The molecular formula is C12H9Cl2. The van der Waals surface area contributed by atoms with Crippen molar-refractivity contribution in [3.05, 3.63) is 70.7 Å². The SMILES string of the molecule is Clc1[c]cc(Cl)cc1.c1ccccc1. The molecule has 0 amide bonds. The van der Waals surface area contributed by atoms with Gasteiger partial charge in [-0.1, -0.05) is 59.6 Å². The summed E-state index contributed by atoms with van der Waals surface area (Å²) in [7, 11) is 0. The van der Waals surface area contributed by atoms with Gasteiger partial charge in [0.25, 0.3) is 0 Å². The molecule has 0 saturated carbocycles. The molecule has 1 radical (unpaired) electrons. The molecule has 0 aromatic heterocycles. The smallest absolute Gasteiger partial charge is 0.0485 e. The fourth-order valence-corrected chi connectivity index (χ4v) is 1.01. The van der Waals surface area contributed by atoms with Gasteiger partial charge < -0.3 is 0 Å². The van der Waals surface area contributed by atoms with Crippen LogP contribution in [0.2, 0.25) is 10.0 Å². The number of benzene rings is 2. The van der Waals surface area contributed by atoms with Crippen molar-refractivity contribution in [1.29, 1.82) is 0 Å². The topological polar surface area (TPSA) is 0 Å². The van der Waals surface area contributed by atoms with Crippen LogP contribution in [0.3, 0.4) is 0 Å². The van der Waals surface area contributed by atoms with E-state index in [1.54, 1.807) is 18.2 Å². The van der Waals surface area contributed by atoms with Crippen LogP contribution in [-0.4, -0.2) is 0 Å². The fourth-order valence-electron chi connectivity index (χ4n) is 0.772.